The molecule has 0 amide bonds. The summed E-state index contributed by atoms with van der Waals surface area (Å²) in [5.74, 6) is -0.548. The first kappa shape index (κ1) is 13.7. The molecule has 1 aromatic rings. The fourth-order valence-electron chi connectivity index (χ4n) is 1.68. The molecule has 2 N–H and O–H groups in total. The van der Waals surface area contributed by atoms with Gasteiger partial charge in [-0.15, -0.1) is 0 Å². The van der Waals surface area contributed by atoms with Crippen LogP contribution in [0, 0.1) is 0 Å². The molecule has 0 saturated carbocycles. The molecule has 0 saturated heterocycles. The molecule has 0 radical (unpaired) electrons. The van der Waals surface area contributed by atoms with E-state index in [0.717, 1.165) is 24.8 Å². The summed E-state index contributed by atoms with van der Waals surface area (Å²) in [6.07, 6.45) is 3.14. The standard InChI is InChI=1S/C14H21NO2/c1-2-3-7-10-17-14(16)13(11-15)12-8-5-4-6-9-12/h4-6,8-9,13H,2-3,7,10-11,15H2,1H3. The van der Waals surface area contributed by atoms with E-state index in [2.05, 4.69) is 6.92 Å². The molecule has 1 unspecified atom stereocenters. The van der Waals surface area contributed by atoms with Gasteiger partial charge in [0.1, 0.15) is 0 Å². The van der Waals surface area contributed by atoms with E-state index < -0.39 is 0 Å². The largest absolute Gasteiger partial charge is 0.465 e. The molecule has 0 heterocycles. The summed E-state index contributed by atoms with van der Waals surface area (Å²) in [5.41, 5.74) is 6.56. The van der Waals surface area contributed by atoms with E-state index >= 15 is 0 Å². The van der Waals surface area contributed by atoms with Gasteiger partial charge >= 0.3 is 5.97 Å². The Kier molecular flexibility index (Phi) is 6.33. The number of hydrogen-bond acceptors (Lipinski definition) is 3. The van der Waals surface area contributed by atoms with Crippen molar-refractivity contribution in [3.8, 4) is 0 Å². The van der Waals surface area contributed by atoms with E-state index in [4.69, 9.17) is 10.5 Å². The number of esters is 1. The van der Waals surface area contributed by atoms with Gasteiger partial charge in [-0.05, 0) is 12.0 Å². The number of rotatable bonds is 7. The molecule has 0 spiro atoms. The van der Waals surface area contributed by atoms with E-state index in [1.807, 2.05) is 30.3 Å². The number of carbonyl (C=O) groups is 1. The lowest BCUT2D eigenvalue weighted by atomic mass is 10.00. The lowest BCUT2D eigenvalue weighted by molar-refractivity contribution is -0.145. The van der Waals surface area contributed by atoms with Crippen molar-refractivity contribution in [3.05, 3.63) is 35.9 Å². The summed E-state index contributed by atoms with van der Waals surface area (Å²) in [6.45, 7) is 2.90. The van der Waals surface area contributed by atoms with Crippen LogP contribution in [0.15, 0.2) is 30.3 Å². The van der Waals surface area contributed by atoms with Crippen LogP contribution >= 0.6 is 0 Å². The van der Waals surface area contributed by atoms with Gasteiger partial charge in [0.05, 0.1) is 12.5 Å². The molecular weight excluding hydrogens is 214 g/mol. The van der Waals surface area contributed by atoms with Gasteiger partial charge in [0.2, 0.25) is 0 Å². The normalized spacial score (nSPS) is 12.1. The number of unbranched alkanes of at least 4 members (excludes halogenated alkanes) is 2. The van der Waals surface area contributed by atoms with Gasteiger partial charge in [-0.3, -0.25) is 4.79 Å². The zero-order valence-corrected chi connectivity index (χ0v) is 10.4. The van der Waals surface area contributed by atoms with Crippen LogP contribution in [0.3, 0.4) is 0 Å². The average Bonchev–Trinajstić information content (AvgIpc) is 2.37. The van der Waals surface area contributed by atoms with Gasteiger partial charge in [0, 0.05) is 6.54 Å². The summed E-state index contributed by atoms with van der Waals surface area (Å²) in [4.78, 5) is 11.8. The second kappa shape index (κ2) is 7.85. The Hall–Kier alpha value is -1.35. The first-order chi connectivity index (χ1) is 8.29. The van der Waals surface area contributed by atoms with Crippen LogP contribution in [0.4, 0.5) is 0 Å². The second-order valence-corrected chi connectivity index (χ2v) is 4.07. The summed E-state index contributed by atoms with van der Waals surface area (Å²) in [6, 6.07) is 9.55. The first-order valence-electron chi connectivity index (χ1n) is 6.21. The van der Waals surface area contributed by atoms with Crippen molar-refractivity contribution in [3.63, 3.8) is 0 Å². The number of nitrogens with two attached hydrogens (primary N) is 1. The maximum Gasteiger partial charge on any atom is 0.314 e. The van der Waals surface area contributed by atoms with Crippen molar-refractivity contribution in [1.29, 1.82) is 0 Å². The third-order valence-corrected chi connectivity index (χ3v) is 2.71. The van der Waals surface area contributed by atoms with E-state index in [0.29, 0.717) is 6.61 Å². The number of hydrogen-bond donors (Lipinski definition) is 1. The summed E-state index contributed by atoms with van der Waals surface area (Å²) < 4.78 is 5.23. The van der Waals surface area contributed by atoms with E-state index in [9.17, 15) is 4.79 Å². The highest BCUT2D eigenvalue weighted by Crippen LogP contribution is 2.16. The van der Waals surface area contributed by atoms with Crippen molar-refractivity contribution in [2.45, 2.75) is 32.1 Å². The molecule has 1 atom stereocenters. The van der Waals surface area contributed by atoms with Gasteiger partial charge in [-0.2, -0.15) is 0 Å². The number of benzene rings is 1. The maximum absolute atomic E-state index is 11.8. The Morgan fingerprint density at radius 1 is 1.29 bits per heavy atom. The van der Waals surface area contributed by atoms with E-state index in [1.165, 1.54) is 0 Å². The highest BCUT2D eigenvalue weighted by Gasteiger charge is 2.19. The lowest BCUT2D eigenvalue weighted by Crippen LogP contribution is -2.24. The van der Waals surface area contributed by atoms with Gasteiger partial charge in [-0.1, -0.05) is 50.1 Å². The van der Waals surface area contributed by atoms with Crippen molar-refractivity contribution in [2.75, 3.05) is 13.2 Å². The van der Waals surface area contributed by atoms with Crippen LogP contribution in [-0.4, -0.2) is 19.1 Å². The Bertz CT molecular complexity index is 324. The smallest absolute Gasteiger partial charge is 0.314 e. The number of carbonyl (C=O) groups excluding carboxylic acids is 1. The van der Waals surface area contributed by atoms with Crippen molar-refractivity contribution in [2.24, 2.45) is 5.73 Å². The Balaban J connectivity index is 2.48. The SMILES string of the molecule is CCCCCOC(=O)C(CN)c1ccccc1. The van der Waals surface area contributed by atoms with Gasteiger partial charge in [0.15, 0.2) is 0 Å². The molecule has 1 rings (SSSR count). The predicted octanol–water partition coefficient (Wildman–Crippen LogP) is 2.46. The average molecular weight is 235 g/mol. The maximum atomic E-state index is 11.8. The molecule has 0 bridgehead atoms. The Labute approximate surface area is 103 Å². The van der Waals surface area contributed by atoms with E-state index in [1.54, 1.807) is 0 Å². The molecule has 17 heavy (non-hydrogen) atoms. The van der Waals surface area contributed by atoms with Gasteiger partial charge in [-0.25, -0.2) is 0 Å². The molecule has 94 valence electrons. The third-order valence-electron chi connectivity index (χ3n) is 2.71. The fraction of sp³-hybridized carbons (Fsp3) is 0.500. The third kappa shape index (κ3) is 4.57. The highest BCUT2D eigenvalue weighted by atomic mass is 16.5. The van der Waals surface area contributed by atoms with Crippen LogP contribution in [0.2, 0.25) is 0 Å². The van der Waals surface area contributed by atoms with Gasteiger partial charge < -0.3 is 10.5 Å². The Morgan fingerprint density at radius 3 is 2.59 bits per heavy atom. The summed E-state index contributed by atoms with van der Waals surface area (Å²) in [7, 11) is 0. The molecule has 0 fully saturated rings. The monoisotopic (exact) mass is 235 g/mol. The molecule has 1 aromatic carbocycles. The molecule has 3 heteroatoms. The van der Waals surface area contributed by atoms with Crippen LogP contribution in [-0.2, 0) is 9.53 Å². The minimum atomic E-state index is -0.335. The Morgan fingerprint density at radius 2 is 2.00 bits per heavy atom. The molecule has 0 aliphatic heterocycles. The quantitative estimate of drug-likeness (QED) is 0.583. The summed E-state index contributed by atoms with van der Waals surface area (Å²) in [5, 5.41) is 0. The topological polar surface area (TPSA) is 52.3 Å². The van der Waals surface area contributed by atoms with Crippen LogP contribution in [0.5, 0.6) is 0 Å². The van der Waals surface area contributed by atoms with E-state index in [-0.39, 0.29) is 18.4 Å². The van der Waals surface area contributed by atoms with Crippen molar-refractivity contribution in [1.82, 2.24) is 0 Å². The second-order valence-electron chi connectivity index (χ2n) is 4.07. The number of ether oxygens (including phenoxy) is 1. The minimum Gasteiger partial charge on any atom is -0.465 e. The fourth-order valence-corrected chi connectivity index (χ4v) is 1.68. The zero-order chi connectivity index (χ0) is 12.5. The van der Waals surface area contributed by atoms with Crippen LogP contribution in [0.1, 0.15) is 37.7 Å². The molecular formula is C14H21NO2. The minimum absolute atomic E-state index is 0.213. The first-order valence-corrected chi connectivity index (χ1v) is 6.21. The van der Waals surface area contributed by atoms with Crippen molar-refractivity contribution >= 4 is 5.97 Å². The molecule has 3 nitrogen and oxygen atoms in total. The van der Waals surface area contributed by atoms with Gasteiger partial charge in [0.25, 0.3) is 0 Å². The molecule has 0 aliphatic rings. The highest BCUT2D eigenvalue weighted by molar-refractivity contribution is 5.78. The zero-order valence-electron chi connectivity index (χ0n) is 10.4. The summed E-state index contributed by atoms with van der Waals surface area (Å²) >= 11 is 0. The molecule has 0 aliphatic carbocycles. The molecule has 0 aromatic heterocycles. The van der Waals surface area contributed by atoms with Crippen molar-refractivity contribution < 1.29 is 9.53 Å². The lowest BCUT2D eigenvalue weighted by Gasteiger charge is -2.14. The van der Waals surface area contributed by atoms with Crippen LogP contribution < -0.4 is 5.73 Å². The van der Waals surface area contributed by atoms with Crippen LogP contribution in [0.25, 0.3) is 0 Å². The predicted molar refractivity (Wildman–Crippen MR) is 68.7 cm³/mol.